The number of phenols is 2. The number of rotatable bonds is 5. The van der Waals surface area contributed by atoms with E-state index in [9.17, 15) is 43.7 Å². The number of amides is 4. The lowest BCUT2D eigenvalue weighted by Gasteiger charge is -2.50. The molecule has 3 N–H and O–H groups in total. The highest BCUT2D eigenvalue weighted by molar-refractivity contribution is 6.58. The van der Waals surface area contributed by atoms with Gasteiger partial charge in [-0.05, 0) is 61.2 Å². The summed E-state index contributed by atoms with van der Waals surface area (Å²) in [5.41, 5.74) is 0.0698. The molecule has 1 saturated carbocycles. The van der Waals surface area contributed by atoms with Gasteiger partial charge in [-0.3, -0.25) is 19.2 Å². The number of methoxy groups -OCH3 is 1. The second-order valence-electron chi connectivity index (χ2n) is 12.2. The third kappa shape index (κ3) is 4.15. The highest BCUT2D eigenvalue weighted by Gasteiger charge is 2.77. The smallest absolute Gasteiger partial charge is 0.339 e. The van der Waals surface area contributed by atoms with Crippen LogP contribution in [-0.4, -0.2) is 61.8 Å². The van der Waals surface area contributed by atoms with Crippen molar-refractivity contribution in [3.05, 3.63) is 89.3 Å². The van der Waals surface area contributed by atoms with E-state index in [1.54, 1.807) is 6.08 Å². The minimum atomic E-state index is -2.24. The molecule has 0 spiro atoms. The standard InChI is InChI=1S/C34H25Cl2FN2O9/c1-48-18-7-9-20(25(41)13-18)27-19-10-11-22-26(29(43)38(28(22)42)17-6-8-21(30(44)45)24(40)12-17)23(19)14-33(35)31(46)39(32(47)34(27,33)36)16-4-2-15(37)3-5-16/h2-10,12-13,22-23,26-27,40-41H,11,14H2,1H3,(H,44,45). The highest BCUT2D eigenvalue weighted by Crippen LogP contribution is 2.66. The molecule has 2 aliphatic heterocycles. The molecule has 3 aromatic carbocycles. The van der Waals surface area contributed by atoms with E-state index < -0.39 is 80.1 Å². The summed E-state index contributed by atoms with van der Waals surface area (Å²) in [5.74, 6) is -10.1. The molecule has 4 aliphatic rings. The minimum Gasteiger partial charge on any atom is -0.508 e. The van der Waals surface area contributed by atoms with Crippen LogP contribution in [0.2, 0.25) is 0 Å². The number of hydrogen-bond donors (Lipinski definition) is 3. The van der Waals surface area contributed by atoms with Gasteiger partial charge in [-0.2, -0.15) is 0 Å². The van der Waals surface area contributed by atoms with Crippen molar-refractivity contribution in [1.82, 2.24) is 0 Å². The number of anilines is 2. The van der Waals surface area contributed by atoms with Gasteiger partial charge < -0.3 is 20.1 Å². The van der Waals surface area contributed by atoms with E-state index in [0.717, 1.165) is 34.1 Å². The van der Waals surface area contributed by atoms with Gasteiger partial charge in [0.1, 0.15) is 28.6 Å². The Labute approximate surface area is 281 Å². The van der Waals surface area contributed by atoms with Gasteiger partial charge in [-0.1, -0.05) is 17.7 Å². The predicted octanol–water partition coefficient (Wildman–Crippen LogP) is 4.71. The predicted molar refractivity (Wildman–Crippen MR) is 169 cm³/mol. The number of fused-ring (bicyclic) bond motifs is 4. The molecule has 4 amide bonds. The van der Waals surface area contributed by atoms with Crippen LogP contribution in [0.1, 0.15) is 34.7 Å². The Morgan fingerprint density at radius 2 is 1.56 bits per heavy atom. The van der Waals surface area contributed by atoms with Crippen molar-refractivity contribution in [2.24, 2.45) is 17.8 Å². The summed E-state index contributed by atoms with van der Waals surface area (Å²) in [4.78, 5) is 65.3. The van der Waals surface area contributed by atoms with E-state index in [1.165, 1.54) is 43.5 Å². The molecule has 0 radical (unpaired) electrons. The molecule has 2 heterocycles. The summed E-state index contributed by atoms with van der Waals surface area (Å²) in [6.45, 7) is 0. The van der Waals surface area contributed by atoms with Crippen LogP contribution < -0.4 is 14.5 Å². The normalized spacial score (nSPS) is 29.4. The number of phenolic OH excluding ortho intramolecular Hbond substituents is 1. The quantitative estimate of drug-likeness (QED) is 0.195. The molecule has 48 heavy (non-hydrogen) atoms. The SMILES string of the molecule is COc1ccc(C2C3=CCC4C(=O)N(c5ccc(C(=O)O)c(O)c5)C(=O)C4C3CC3(Cl)C(=O)N(c4ccc(F)cc4)C(=O)C23Cl)c(O)c1. The summed E-state index contributed by atoms with van der Waals surface area (Å²) in [5, 5.41) is 30.9. The Kier molecular flexibility index (Phi) is 7.12. The first-order valence-corrected chi connectivity index (χ1v) is 15.5. The van der Waals surface area contributed by atoms with Crippen molar-refractivity contribution in [2.75, 3.05) is 16.9 Å². The van der Waals surface area contributed by atoms with Crippen molar-refractivity contribution in [2.45, 2.75) is 28.5 Å². The third-order valence-corrected chi connectivity index (χ3v) is 11.3. The fourth-order valence-electron chi connectivity index (χ4n) is 7.73. The van der Waals surface area contributed by atoms with Crippen LogP contribution in [-0.2, 0) is 19.2 Å². The molecule has 14 heteroatoms. The van der Waals surface area contributed by atoms with Gasteiger partial charge in [-0.15, -0.1) is 23.2 Å². The molecule has 6 atom stereocenters. The van der Waals surface area contributed by atoms with Gasteiger partial charge in [0, 0.05) is 23.6 Å². The number of carbonyl (C=O) groups is 5. The lowest BCUT2D eigenvalue weighted by atomic mass is 9.56. The summed E-state index contributed by atoms with van der Waals surface area (Å²) < 4.78 is 19.1. The van der Waals surface area contributed by atoms with Crippen LogP contribution in [0, 0.1) is 23.6 Å². The number of benzene rings is 3. The van der Waals surface area contributed by atoms with Gasteiger partial charge in [0.25, 0.3) is 11.8 Å². The van der Waals surface area contributed by atoms with Crippen LogP contribution in [0.15, 0.2) is 72.3 Å². The Morgan fingerprint density at radius 1 is 0.875 bits per heavy atom. The number of nitrogens with zero attached hydrogens (tertiary/aromatic N) is 2. The lowest BCUT2D eigenvalue weighted by Crippen LogP contribution is -2.60. The van der Waals surface area contributed by atoms with Gasteiger partial charge >= 0.3 is 5.97 Å². The third-order valence-electron chi connectivity index (χ3n) is 9.91. The number of carbonyl (C=O) groups excluding carboxylic acids is 4. The number of carboxylic acids is 1. The molecule has 2 saturated heterocycles. The summed E-state index contributed by atoms with van der Waals surface area (Å²) in [7, 11) is 1.39. The largest absolute Gasteiger partial charge is 0.508 e. The molecule has 0 bridgehead atoms. The summed E-state index contributed by atoms with van der Waals surface area (Å²) in [6.07, 6.45) is 1.35. The van der Waals surface area contributed by atoms with Crippen LogP contribution in [0.25, 0.3) is 0 Å². The van der Waals surface area contributed by atoms with Crippen molar-refractivity contribution < 1.29 is 48.4 Å². The Bertz CT molecular complexity index is 2000. The zero-order valence-electron chi connectivity index (χ0n) is 24.9. The van der Waals surface area contributed by atoms with Crippen molar-refractivity contribution >= 4 is 64.2 Å². The first-order valence-electron chi connectivity index (χ1n) is 14.8. The zero-order chi connectivity index (χ0) is 34.4. The number of halogens is 3. The first kappa shape index (κ1) is 31.6. The van der Waals surface area contributed by atoms with E-state index in [4.69, 9.17) is 27.9 Å². The van der Waals surface area contributed by atoms with E-state index in [0.29, 0.717) is 5.57 Å². The molecule has 0 aromatic heterocycles. The molecule has 3 fully saturated rings. The monoisotopic (exact) mass is 694 g/mol. The molecule has 3 aromatic rings. The van der Waals surface area contributed by atoms with Crippen molar-refractivity contribution in [3.63, 3.8) is 0 Å². The maximum atomic E-state index is 14.4. The number of imide groups is 2. The van der Waals surface area contributed by atoms with Crippen LogP contribution in [0.5, 0.6) is 17.2 Å². The number of allylic oxidation sites excluding steroid dienone is 2. The summed E-state index contributed by atoms with van der Waals surface area (Å²) >= 11 is 14.6. The second kappa shape index (κ2) is 10.8. The lowest BCUT2D eigenvalue weighted by molar-refractivity contribution is -0.125. The zero-order valence-corrected chi connectivity index (χ0v) is 26.4. The number of ether oxygens (including phenoxy) is 1. The summed E-state index contributed by atoms with van der Waals surface area (Å²) in [6, 6.07) is 12.2. The van der Waals surface area contributed by atoms with Crippen molar-refractivity contribution in [1.29, 1.82) is 0 Å². The van der Waals surface area contributed by atoms with Crippen molar-refractivity contribution in [3.8, 4) is 17.2 Å². The van der Waals surface area contributed by atoms with Gasteiger partial charge in [0.15, 0.2) is 9.75 Å². The Hall–Kier alpha value is -4.94. The average Bonchev–Trinajstić information content (AvgIpc) is 3.39. The minimum absolute atomic E-state index is 0.0105. The molecule has 11 nitrogen and oxygen atoms in total. The Balaban J connectivity index is 1.38. The topological polar surface area (TPSA) is 162 Å². The number of aromatic carboxylic acids is 1. The van der Waals surface area contributed by atoms with Crippen LogP contribution in [0.3, 0.4) is 0 Å². The highest BCUT2D eigenvalue weighted by atomic mass is 35.5. The van der Waals surface area contributed by atoms with E-state index in [-0.39, 0.29) is 41.3 Å². The van der Waals surface area contributed by atoms with E-state index >= 15 is 0 Å². The maximum absolute atomic E-state index is 14.4. The molecule has 7 rings (SSSR count). The Morgan fingerprint density at radius 3 is 2.19 bits per heavy atom. The second-order valence-corrected chi connectivity index (χ2v) is 13.4. The fraction of sp³-hybridized carbons (Fsp3) is 0.265. The molecule has 6 unspecified atom stereocenters. The maximum Gasteiger partial charge on any atom is 0.339 e. The van der Waals surface area contributed by atoms with Gasteiger partial charge in [-0.25, -0.2) is 19.0 Å². The molecule has 246 valence electrons. The fourth-order valence-corrected chi connectivity index (χ4v) is 8.66. The molecule has 2 aliphatic carbocycles. The number of aromatic hydroxyl groups is 2. The van der Waals surface area contributed by atoms with E-state index in [1.807, 2.05) is 0 Å². The number of hydrogen-bond acceptors (Lipinski definition) is 8. The molecular weight excluding hydrogens is 670 g/mol. The number of alkyl halides is 2. The van der Waals surface area contributed by atoms with Crippen LogP contribution >= 0.6 is 23.2 Å². The number of carboxylic acid groups (broad SMARTS) is 1. The first-order chi connectivity index (χ1) is 22.7. The average molecular weight is 695 g/mol. The van der Waals surface area contributed by atoms with Crippen LogP contribution in [0.4, 0.5) is 15.8 Å². The molecular formula is C34H25Cl2FN2O9. The van der Waals surface area contributed by atoms with E-state index in [2.05, 4.69) is 0 Å². The van der Waals surface area contributed by atoms with Gasteiger partial charge in [0.05, 0.1) is 30.3 Å². The van der Waals surface area contributed by atoms with Gasteiger partial charge in [0.2, 0.25) is 11.8 Å².